The maximum absolute atomic E-state index is 14.1. The summed E-state index contributed by atoms with van der Waals surface area (Å²) >= 11 is 13.6. The summed E-state index contributed by atoms with van der Waals surface area (Å²) in [6.45, 7) is -1.16. The number of hydrogen-bond acceptors (Lipinski definition) is 7. The first-order valence-electron chi connectivity index (χ1n) is 10.2. The van der Waals surface area contributed by atoms with E-state index in [1.807, 2.05) is 0 Å². The summed E-state index contributed by atoms with van der Waals surface area (Å²) < 4.78 is 46.9. The van der Waals surface area contributed by atoms with Gasteiger partial charge in [-0.2, -0.15) is 0 Å². The first-order valence-corrected chi connectivity index (χ1v) is 11.8. The van der Waals surface area contributed by atoms with E-state index in [4.69, 9.17) is 27.9 Å². The van der Waals surface area contributed by atoms with Crippen LogP contribution in [0.4, 0.5) is 13.2 Å². The SMILES string of the molecule is COC(=O)C1=C(CN2CC(F)(F)CC2C(=O)O)NC(c2cc(Cl)cs2)=NC1c1ccc(F)cc1Cl. The molecular formula is C22H18Cl2F3N3O4S. The molecule has 2 atom stereocenters. The Bertz CT molecular complexity index is 1250. The van der Waals surface area contributed by atoms with Crippen LogP contribution >= 0.6 is 34.5 Å². The Hall–Kier alpha value is -2.60. The minimum atomic E-state index is -3.22. The van der Waals surface area contributed by atoms with Crippen molar-refractivity contribution in [2.24, 2.45) is 4.99 Å². The number of thiophene rings is 1. The number of esters is 1. The topological polar surface area (TPSA) is 91.2 Å². The second-order valence-electron chi connectivity index (χ2n) is 8.00. The first-order chi connectivity index (χ1) is 16.5. The van der Waals surface area contributed by atoms with Gasteiger partial charge in [0.1, 0.15) is 23.7 Å². The monoisotopic (exact) mass is 547 g/mol. The maximum Gasteiger partial charge on any atom is 0.338 e. The van der Waals surface area contributed by atoms with Gasteiger partial charge in [0.05, 0.1) is 29.1 Å². The molecule has 35 heavy (non-hydrogen) atoms. The molecule has 1 aromatic carbocycles. The molecule has 1 fully saturated rings. The highest BCUT2D eigenvalue weighted by Gasteiger charge is 2.49. The molecule has 13 heteroatoms. The molecule has 7 nitrogen and oxygen atoms in total. The lowest BCUT2D eigenvalue weighted by Gasteiger charge is -2.30. The molecule has 2 aromatic rings. The lowest BCUT2D eigenvalue weighted by Crippen LogP contribution is -2.43. The fraction of sp³-hybridized carbons (Fsp3) is 0.318. The van der Waals surface area contributed by atoms with Crippen molar-refractivity contribution in [2.75, 3.05) is 20.2 Å². The van der Waals surface area contributed by atoms with Crippen LogP contribution in [0.2, 0.25) is 10.0 Å². The quantitative estimate of drug-likeness (QED) is 0.517. The highest BCUT2D eigenvalue weighted by Crippen LogP contribution is 2.39. The Morgan fingerprint density at radius 1 is 1.34 bits per heavy atom. The summed E-state index contributed by atoms with van der Waals surface area (Å²) in [7, 11) is 1.14. The molecule has 0 spiro atoms. The Kier molecular flexibility index (Phi) is 7.14. The number of carbonyl (C=O) groups is 2. The molecule has 2 aliphatic rings. The molecule has 2 aliphatic heterocycles. The van der Waals surface area contributed by atoms with Crippen LogP contribution in [0.1, 0.15) is 22.9 Å². The summed E-state index contributed by atoms with van der Waals surface area (Å²) in [5, 5.41) is 14.5. The molecule has 2 N–H and O–H groups in total. The number of hydrogen-bond donors (Lipinski definition) is 2. The average molecular weight is 548 g/mol. The van der Waals surface area contributed by atoms with Crippen molar-refractivity contribution < 1.29 is 32.6 Å². The second-order valence-corrected chi connectivity index (χ2v) is 9.76. The third-order valence-corrected chi connectivity index (χ3v) is 7.21. The Morgan fingerprint density at radius 3 is 2.69 bits per heavy atom. The Balaban J connectivity index is 1.85. The van der Waals surface area contributed by atoms with E-state index in [-0.39, 0.29) is 34.2 Å². The minimum absolute atomic E-state index is 0.0129. The van der Waals surface area contributed by atoms with Crippen LogP contribution in [0.15, 0.2) is 45.9 Å². The van der Waals surface area contributed by atoms with E-state index in [9.17, 15) is 27.9 Å². The molecule has 3 heterocycles. The van der Waals surface area contributed by atoms with Crippen LogP contribution in [-0.2, 0) is 14.3 Å². The third kappa shape index (κ3) is 5.32. The van der Waals surface area contributed by atoms with Crippen molar-refractivity contribution in [3.63, 3.8) is 0 Å². The molecule has 0 saturated carbocycles. The smallest absolute Gasteiger partial charge is 0.338 e. The Labute approximate surface area is 211 Å². The fourth-order valence-corrected chi connectivity index (χ4v) is 5.37. The van der Waals surface area contributed by atoms with E-state index >= 15 is 0 Å². The number of rotatable bonds is 6. The molecule has 2 unspecified atom stereocenters. The second kappa shape index (κ2) is 9.81. The van der Waals surface area contributed by atoms with Crippen LogP contribution in [0, 0.1) is 5.82 Å². The average Bonchev–Trinajstić information content (AvgIpc) is 3.35. The standard InChI is InChI=1S/C22H18Cl2F3N3O4S/c1-34-21(33)17-14(7-30-9-22(26,27)6-15(30)20(31)32)28-19(16-4-10(23)8-35-16)29-18(17)12-3-2-11(25)5-13(12)24/h2-5,8,15,18H,6-7,9H2,1H3,(H,28,29)(H,31,32). The van der Waals surface area contributed by atoms with E-state index in [1.165, 1.54) is 17.4 Å². The highest BCUT2D eigenvalue weighted by molar-refractivity contribution is 7.12. The fourth-order valence-electron chi connectivity index (χ4n) is 4.08. The van der Waals surface area contributed by atoms with Crippen molar-refractivity contribution in [1.82, 2.24) is 10.2 Å². The molecule has 4 rings (SSSR count). The van der Waals surface area contributed by atoms with Gasteiger partial charge >= 0.3 is 11.9 Å². The van der Waals surface area contributed by atoms with Gasteiger partial charge in [-0.3, -0.25) is 14.7 Å². The number of amidine groups is 1. The molecule has 186 valence electrons. The number of alkyl halides is 2. The van der Waals surface area contributed by atoms with Gasteiger partial charge in [0.25, 0.3) is 5.92 Å². The molecular weight excluding hydrogens is 530 g/mol. The van der Waals surface area contributed by atoms with Crippen molar-refractivity contribution in [1.29, 1.82) is 0 Å². The number of benzene rings is 1. The van der Waals surface area contributed by atoms with Crippen LogP contribution < -0.4 is 5.32 Å². The lowest BCUT2D eigenvalue weighted by molar-refractivity contribution is -0.142. The van der Waals surface area contributed by atoms with Crippen LogP contribution in [0.25, 0.3) is 0 Å². The third-order valence-electron chi connectivity index (χ3n) is 5.60. The number of carboxylic acids is 1. The van der Waals surface area contributed by atoms with Crippen LogP contribution in [0.3, 0.4) is 0 Å². The lowest BCUT2D eigenvalue weighted by atomic mass is 9.95. The number of aliphatic carboxylic acids is 1. The summed E-state index contributed by atoms with van der Waals surface area (Å²) in [4.78, 5) is 30.8. The summed E-state index contributed by atoms with van der Waals surface area (Å²) in [6.07, 6.45) is -0.863. The van der Waals surface area contributed by atoms with Gasteiger partial charge in [-0.25, -0.2) is 18.0 Å². The van der Waals surface area contributed by atoms with Gasteiger partial charge < -0.3 is 15.2 Å². The number of carbonyl (C=O) groups excluding carboxylic acids is 1. The van der Waals surface area contributed by atoms with Gasteiger partial charge in [0.15, 0.2) is 0 Å². The van der Waals surface area contributed by atoms with Gasteiger partial charge in [0.2, 0.25) is 0 Å². The zero-order valence-electron chi connectivity index (χ0n) is 18.0. The predicted molar refractivity (Wildman–Crippen MR) is 125 cm³/mol. The largest absolute Gasteiger partial charge is 0.480 e. The van der Waals surface area contributed by atoms with Crippen molar-refractivity contribution >= 4 is 52.3 Å². The summed E-state index contributed by atoms with van der Waals surface area (Å²) in [5.41, 5.74) is 0.321. The van der Waals surface area contributed by atoms with Crippen LogP contribution in [0.5, 0.6) is 0 Å². The van der Waals surface area contributed by atoms with Crippen molar-refractivity contribution in [3.05, 3.63) is 67.2 Å². The zero-order chi connectivity index (χ0) is 25.5. The van der Waals surface area contributed by atoms with Gasteiger partial charge in [-0.1, -0.05) is 29.3 Å². The highest BCUT2D eigenvalue weighted by atomic mass is 35.5. The summed E-state index contributed by atoms with van der Waals surface area (Å²) in [6, 6.07) is 2.63. The number of halogens is 5. The van der Waals surface area contributed by atoms with Gasteiger partial charge in [-0.15, -0.1) is 11.3 Å². The maximum atomic E-state index is 14.1. The van der Waals surface area contributed by atoms with Gasteiger partial charge in [0, 0.05) is 34.6 Å². The van der Waals surface area contributed by atoms with Crippen LogP contribution in [-0.4, -0.2) is 59.9 Å². The molecule has 0 aliphatic carbocycles. The van der Waals surface area contributed by atoms with Crippen molar-refractivity contribution in [3.8, 4) is 0 Å². The molecule has 0 amide bonds. The number of nitrogens with zero attached hydrogens (tertiary/aromatic N) is 2. The zero-order valence-corrected chi connectivity index (χ0v) is 20.4. The number of aliphatic imine (C=N–C) groups is 1. The normalized spacial score (nSPS) is 22.1. The number of methoxy groups -OCH3 is 1. The first kappa shape index (κ1) is 25.5. The van der Waals surface area contributed by atoms with E-state index in [0.29, 0.717) is 9.90 Å². The molecule has 0 radical (unpaired) electrons. The number of likely N-dealkylation sites (tertiary alicyclic amines) is 1. The van der Waals surface area contributed by atoms with Gasteiger partial charge in [-0.05, 0) is 18.2 Å². The molecule has 0 bridgehead atoms. The van der Waals surface area contributed by atoms with E-state index in [0.717, 1.165) is 24.1 Å². The molecule has 1 saturated heterocycles. The molecule has 1 aromatic heterocycles. The number of nitrogens with one attached hydrogen (secondary N) is 1. The van der Waals surface area contributed by atoms with Crippen molar-refractivity contribution in [2.45, 2.75) is 24.4 Å². The number of ether oxygens (including phenoxy) is 1. The van der Waals surface area contributed by atoms with E-state index in [2.05, 4.69) is 10.3 Å². The summed E-state index contributed by atoms with van der Waals surface area (Å²) in [5.74, 6) is -5.80. The Morgan fingerprint density at radius 2 is 2.09 bits per heavy atom. The minimum Gasteiger partial charge on any atom is -0.480 e. The van der Waals surface area contributed by atoms with E-state index in [1.54, 1.807) is 11.4 Å². The number of carboxylic acid groups (broad SMARTS) is 1. The predicted octanol–water partition coefficient (Wildman–Crippen LogP) is 4.51. The van der Waals surface area contributed by atoms with E-state index < -0.39 is 48.7 Å².